The van der Waals surface area contributed by atoms with E-state index in [4.69, 9.17) is 23.2 Å². The third-order valence-corrected chi connectivity index (χ3v) is 12.0. The first-order valence-corrected chi connectivity index (χ1v) is 19.7. The average molecular weight is 765 g/mol. The smallest absolute Gasteiger partial charge is 0.166 e. The van der Waals surface area contributed by atoms with Gasteiger partial charge in [0.2, 0.25) is 0 Å². The normalized spacial score (nSPS) is 13.7. The number of para-hydroxylation sites is 2. The standard InChI is InChI=1S/C53H32N4S/c1-2-13-35(14-3-1)51-54-52(38-27-28-43-42-18-8-11-21-49(42)58-50(43)32-38)56-53(55-51)44-29-26-37(36-25-24-34-23-22-33-12-4-5-15-39(33)45(34)30-36)31-48(44)57-46-19-9-6-16-40(46)41-17-7-10-20-47(41)57/h1-32H/i6D,7D,9D,10D,16D,17D,19D,20D. The first kappa shape index (κ1) is 25.6. The molecule has 12 rings (SSSR count). The van der Waals surface area contributed by atoms with E-state index >= 15 is 0 Å². The van der Waals surface area contributed by atoms with Crippen LogP contribution in [-0.2, 0) is 0 Å². The van der Waals surface area contributed by atoms with Gasteiger partial charge in [-0.25, -0.2) is 15.0 Å². The van der Waals surface area contributed by atoms with Crippen LogP contribution in [0.15, 0.2) is 194 Å². The maximum Gasteiger partial charge on any atom is 0.166 e. The summed E-state index contributed by atoms with van der Waals surface area (Å²) < 4.78 is 76.0. The van der Waals surface area contributed by atoms with Gasteiger partial charge in [0.05, 0.1) is 27.7 Å². The van der Waals surface area contributed by atoms with Gasteiger partial charge in [0.1, 0.15) is 0 Å². The van der Waals surface area contributed by atoms with E-state index in [2.05, 4.69) is 60.7 Å². The molecule has 270 valence electrons. The molecule has 0 aliphatic heterocycles. The first-order chi connectivity index (χ1) is 32.0. The van der Waals surface area contributed by atoms with E-state index < -0.39 is 48.3 Å². The van der Waals surface area contributed by atoms with Crippen LogP contribution in [0.3, 0.4) is 0 Å². The summed E-state index contributed by atoms with van der Waals surface area (Å²) in [5.74, 6) is 1.05. The third-order valence-electron chi connectivity index (χ3n) is 10.9. The molecular weight excluding hydrogens is 725 g/mol. The zero-order valence-corrected chi connectivity index (χ0v) is 31.4. The molecule has 9 aromatic carbocycles. The molecule has 0 N–H and O–H groups in total. The van der Waals surface area contributed by atoms with Crippen molar-refractivity contribution in [3.8, 4) is 51.0 Å². The Balaban J connectivity index is 1.20. The van der Waals surface area contributed by atoms with Gasteiger partial charge in [-0.3, -0.25) is 0 Å². The maximum absolute atomic E-state index is 9.39. The van der Waals surface area contributed by atoms with Gasteiger partial charge in [-0.05, 0) is 75.1 Å². The molecule has 4 nitrogen and oxygen atoms in total. The number of fused-ring (bicyclic) bond motifs is 9. The second kappa shape index (κ2) is 13.1. The number of hydrogen-bond acceptors (Lipinski definition) is 4. The van der Waals surface area contributed by atoms with Gasteiger partial charge in [0.25, 0.3) is 0 Å². The van der Waals surface area contributed by atoms with E-state index in [1.807, 2.05) is 84.9 Å². The van der Waals surface area contributed by atoms with E-state index in [1.54, 1.807) is 15.9 Å². The van der Waals surface area contributed by atoms with Gasteiger partial charge in [-0.1, -0.05) is 152 Å². The lowest BCUT2D eigenvalue weighted by atomic mass is 9.96. The highest BCUT2D eigenvalue weighted by Gasteiger charge is 2.21. The lowest BCUT2D eigenvalue weighted by Gasteiger charge is -2.17. The van der Waals surface area contributed by atoms with Crippen molar-refractivity contribution in [3.05, 3.63) is 194 Å². The van der Waals surface area contributed by atoms with Crippen molar-refractivity contribution in [2.24, 2.45) is 0 Å². The number of rotatable bonds is 5. The molecule has 12 aromatic rings. The lowest BCUT2D eigenvalue weighted by Crippen LogP contribution is -2.04. The fourth-order valence-electron chi connectivity index (χ4n) is 8.14. The van der Waals surface area contributed by atoms with Crippen molar-refractivity contribution in [3.63, 3.8) is 0 Å². The predicted octanol–water partition coefficient (Wildman–Crippen LogP) is 14.3. The van der Waals surface area contributed by atoms with E-state index in [9.17, 15) is 2.74 Å². The van der Waals surface area contributed by atoms with Crippen molar-refractivity contribution in [1.82, 2.24) is 19.5 Å². The van der Waals surface area contributed by atoms with Crippen LogP contribution in [0.5, 0.6) is 0 Å². The molecule has 0 amide bonds. The fourth-order valence-corrected chi connectivity index (χ4v) is 9.28. The van der Waals surface area contributed by atoms with Crippen molar-refractivity contribution in [1.29, 1.82) is 0 Å². The fraction of sp³-hybridized carbons (Fsp3) is 0. The molecule has 0 bridgehead atoms. The van der Waals surface area contributed by atoms with Gasteiger partial charge >= 0.3 is 0 Å². The average Bonchev–Trinajstić information content (AvgIpc) is 3.92. The molecule has 0 saturated heterocycles. The quantitative estimate of drug-likeness (QED) is 0.164. The molecule has 0 aliphatic carbocycles. The van der Waals surface area contributed by atoms with Crippen LogP contribution in [-0.4, -0.2) is 19.5 Å². The molecule has 58 heavy (non-hydrogen) atoms. The maximum atomic E-state index is 9.39. The highest BCUT2D eigenvalue weighted by molar-refractivity contribution is 7.25. The minimum Gasteiger partial charge on any atom is -0.308 e. The van der Waals surface area contributed by atoms with Crippen molar-refractivity contribution in [2.45, 2.75) is 0 Å². The second-order valence-corrected chi connectivity index (χ2v) is 15.3. The Bertz CT molecular complexity index is 3980. The summed E-state index contributed by atoms with van der Waals surface area (Å²) in [5, 5.41) is 6.53. The Hall–Kier alpha value is -7.47. The molecule has 0 unspecified atom stereocenters. The van der Waals surface area contributed by atoms with Crippen molar-refractivity contribution >= 4 is 74.9 Å². The zero-order valence-electron chi connectivity index (χ0n) is 38.6. The topological polar surface area (TPSA) is 43.6 Å². The minimum absolute atomic E-state index is 0.00122. The first-order valence-electron chi connectivity index (χ1n) is 22.9. The highest BCUT2D eigenvalue weighted by atomic mass is 32.1. The van der Waals surface area contributed by atoms with E-state index in [1.165, 1.54) is 0 Å². The van der Waals surface area contributed by atoms with E-state index in [-0.39, 0.29) is 27.6 Å². The van der Waals surface area contributed by atoms with Gasteiger partial charge < -0.3 is 4.57 Å². The molecule has 0 radical (unpaired) electrons. The van der Waals surface area contributed by atoms with Crippen LogP contribution in [0, 0.1) is 0 Å². The zero-order chi connectivity index (χ0) is 45.1. The summed E-state index contributed by atoms with van der Waals surface area (Å²) in [6.07, 6.45) is 0. The summed E-state index contributed by atoms with van der Waals surface area (Å²) in [6.45, 7) is 0. The molecule has 5 heteroatoms. The summed E-state index contributed by atoms with van der Waals surface area (Å²) in [5.41, 5.74) is 3.88. The molecule has 0 saturated carbocycles. The summed E-state index contributed by atoms with van der Waals surface area (Å²) in [7, 11) is 0. The number of benzene rings is 9. The molecule has 3 aromatic heterocycles. The Morgan fingerprint density at radius 3 is 1.79 bits per heavy atom. The van der Waals surface area contributed by atoms with Crippen LogP contribution >= 0.6 is 11.3 Å². The monoisotopic (exact) mass is 764 g/mol. The van der Waals surface area contributed by atoms with Gasteiger partial charge in [0, 0.05) is 47.6 Å². The van der Waals surface area contributed by atoms with Crippen LogP contribution < -0.4 is 0 Å². The minimum atomic E-state index is -0.512. The van der Waals surface area contributed by atoms with Gasteiger partial charge in [0.15, 0.2) is 17.5 Å². The van der Waals surface area contributed by atoms with E-state index in [0.29, 0.717) is 22.9 Å². The number of nitrogens with zero attached hydrogens (tertiary/aromatic N) is 4. The Morgan fingerprint density at radius 1 is 0.397 bits per heavy atom. The summed E-state index contributed by atoms with van der Waals surface area (Å²) in [6, 6.07) is 44.7. The SMILES string of the molecule is [2H]c1c([2H])c([2H])c2c(c1[2H])c1c([2H])c([2H])c([2H])c([2H])c1n2-c1cc(-c2ccc3ccc4ccccc4c3c2)ccc1-c1nc(-c2ccccc2)nc(-c2ccc3c(c2)sc2ccccc23)n1. The van der Waals surface area contributed by atoms with Crippen molar-refractivity contribution in [2.75, 3.05) is 0 Å². The van der Waals surface area contributed by atoms with Gasteiger partial charge in [-0.2, -0.15) is 0 Å². The molecule has 0 atom stereocenters. The Labute approximate surface area is 349 Å². The molecule has 0 aliphatic rings. The second-order valence-electron chi connectivity index (χ2n) is 14.2. The molecule has 0 fully saturated rings. The number of thiophene rings is 1. The summed E-state index contributed by atoms with van der Waals surface area (Å²) in [4.78, 5) is 15.3. The highest BCUT2D eigenvalue weighted by Crippen LogP contribution is 2.40. The van der Waals surface area contributed by atoms with E-state index in [0.717, 1.165) is 64.0 Å². The van der Waals surface area contributed by atoms with Crippen LogP contribution in [0.2, 0.25) is 0 Å². The third kappa shape index (κ3) is 5.25. The summed E-state index contributed by atoms with van der Waals surface area (Å²) >= 11 is 1.69. The van der Waals surface area contributed by atoms with Crippen LogP contribution in [0.1, 0.15) is 11.0 Å². The molecule has 0 spiro atoms. The van der Waals surface area contributed by atoms with Crippen LogP contribution in [0.25, 0.3) is 115 Å². The lowest BCUT2D eigenvalue weighted by molar-refractivity contribution is 1.07. The predicted molar refractivity (Wildman–Crippen MR) is 244 cm³/mol. The number of aromatic nitrogens is 4. The molecular formula is C53H32N4S. The van der Waals surface area contributed by atoms with Gasteiger partial charge in [-0.15, -0.1) is 11.3 Å². The molecule has 3 heterocycles. The van der Waals surface area contributed by atoms with Crippen molar-refractivity contribution < 1.29 is 11.0 Å². The van der Waals surface area contributed by atoms with Crippen LogP contribution in [0.4, 0.5) is 0 Å². The Morgan fingerprint density at radius 2 is 0.983 bits per heavy atom. The largest absolute Gasteiger partial charge is 0.308 e. The Kier molecular flexibility index (Phi) is 5.77. The number of hydrogen-bond donors (Lipinski definition) is 0.